The molecule has 10 heteroatoms. The van der Waals surface area contributed by atoms with E-state index in [9.17, 15) is 4.79 Å². The number of anilines is 1. The van der Waals surface area contributed by atoms with E-state index in [1.807, 2.05) is 0 Å². The van der Waals surface area contributed by atoms with E-state index in [1.54, 1.807) is 7.11 Å². The highest BCUT2D eigenvalue weighted by molar-refractivity contribution is 7.15. The molecule has 0 bridgehead atoms. The number of hydrogen-bond donors (Lipinski definition) is 2. The fourth-order valence-electron chi connectivity index (χ4n) is 5.38. The van der Waals surface area contributed by atoms with Crippen molar-refractivity contribution < 1.29 is 23.7 Å². The van der Waals surface area contributed by atoms with Crippen LogP contribution in [0.15, 0.2) is 11.6 Å². The standard InChI is InChI=1S/C24H38N4O5S/c1-13(2)7-8-17-23(5,33-17)20-19(30-6)16(9-10-24(20)12-31-24)32-22(29)26-15(14(3)4)11-18-27-28-21(25)34-18/h7,14-17,19-20H,8-12H2,1-6H3,(H2,25,28)(H,26,29)/t15-,16+,17+,19+,20+,23-,24-/m0/s1. The van der Waals surface area contributed by atoms with Gasteiger partial charge in [-0.25, -0.2) is 4.79 Å². The predicted octanol–water partition coefficient (Wildman–Crippen LogP) is 3.49. The number of carbonyl (C=O) groups excluding carboxylic acids is 1. The molecule has 1 saturated carbocycles. The van der Waals surface area contributed by atoms with Crippen LogP contribution in [0.1, 0.15) is 58.9 Å². The lowest BCUT2D eigenvalue weighted by Gasteiger charge is -2.42. The van der Waals surface area contributed by atoms with Crippen LogP contribution in [0.25, 0.3) is 0 Å². The fourth-order valence-corrected chi connectivity index (χ4v) is 6.05. The van der Waals surface area contributed by atoms with Gasteiger partial charge in [-0.2, -0.15) is 0 Å². The van der Waals surface area contributed by atoms with Gasteiger partial charge in [0.15, 0.2) is 0 Å². The Labute approximate surface area is 205 Å². The number of aromatic nitrogens is 2. The van der Waals surface area contributed by atoms with Gasteiger partial charge in [0.2, 0.25) is 5.13 Å². The summed E-state index contributed by atoms with van der Waals surface area (Å²) in [6.45, 7) is 11.1. The highest BCUT2D eigenvalue weighted by atomic mass is 32.1. The summed E-state index contributed by atoms with van der Waals surface area (Å²) < 4.78 is 24.2. The zero-order valence-electron chi connectivity index (χ0n) is 21.0. The molecule has 1 aliphatic carbocycles. The molecule has 3 fully saturated rings. The van der Waals surface area contributed by atoms with E-state index in [0.29, 0.717) is 24.6 Å². The number of carbonyl (C=O) groups is 1. The third kappa shape index (κ3) is 5.24. The molecule has 2 saturated heterocycles. The number of alkyl carbamates (subject to hydrolysis) is 1. The first-order chi connectivity index (χ1) is 16.1. The van der Waals surface area contributed by atoms with Crippen molar-refractivity contribution >= 4 is 22.6 Å². The largest absolute Gasteiger partial charge is 0.443 e. The number of nitrogens with one attached hydrogen (secondary N) is 1. The lowest BCUT2D eigenvalue weighted by atomic mass is 9.68. The molecular weight excluding hydrogens is 456 g/mol. The zero-order chi connectivity index (χ0) is 24.7. The van der Waals surface area contributed by atoms with E-state index < -0.39 is 6.09 Å². The van der Waals surface area contributed by atoms with Crippen LogP contribution in [0, 0.1) is 11.8 Å². The van der Waals surface area contributed by atoms with Crippen LogP contribution in [-0.4, -0.2) is 65.6 Å². The second kappa shape index (κ2) is 9.72. The van der Waals surface area contributed by atoms with Crippen LogP contribution in [-0.2, 0) is 25.4 Å². The van der Waals surface area contributed by atoms with Crippen molar-refractivity contribution in [3.63, 3.8) is 0 Å². The van der Waals surface area contributed by atoms with E-state index in [-0.39, 0.29) is 47.4 Å². The van der Waals surface area contributed by atoms with Crippen molar-refractivity contribution in [2.24, 2.45) is 11.8 Å². The van der Waals surface area contributed by atoms with Gasteiger partial charge in [-0.05, 0) is 46.0 Å². The topological polar surface area (TPSA) is 124 Å². The second-order valence-electron chi connectivity index (χ2n) is 10.6. The Morgan fingerprint density at radius 2 is 2.12 bits per heavy atom. The lowest BCUT2D eigenvalue weighted by Crippen LogP contribution is -2.56. The molecule has 0 radical (unpaired) electrons. The van der Waals surface area contributed by atoms with Gasteiger partial charge in [0.1, 0.15) is 28.4 Å². The van der Waals surface area contributed by atoms with Crippen molar-refractivity contribution in [2.75, 3.05) is 19.5 Å². The van der Waals surface area contributed by atoms with Crippen LogP contribution >= 0.6 is 11.3 Å². The minimum Gasteiger partial charge on any atom is -0.443 e. The monoisotopic (exact) mass is 494 g/mol. The van der Waals surface area contributed by atoms with Gasteiger partial charge in [0, 0.05) is 19.6 Å². The molecule has 9 nitrogen and oxygen atoms in total. The van der Waals surface area contributed by atoms with Crippen molar-refractivity contribution in [1.82, 2.24) is 15.5 Å². The Kier molecular flexibility index (Phi) is 7.24. The summed E-state index contributed by atoms with van der Waals surface area (Å²) in [4.78, 5) is 13.0. The smallest absolute Gasteiger partial charge is 0.407 e. The molecule has 0 aromatic carbocycles. The van der Waals surface area contributed by atoms with E-state index in [4.69, 9.17) is 24.7 Å². The van der Waals surface area contributed by atoms with Gasteiger partial charge in [0.25, 0.3) is 0 Å². The molecule has 34 heavy (non-hydrogen) atoms. The first-order valence-electron chi connectivity index (χ1n) is 12.1. The van der Waals surface area contributed by atoms with Gasteiger partial charge < -0.3 is 30.0 Å². The summed E-state index contributed by atoms with van der Waals surface area (Å²) >= 11 is 1.33. The van der Waals surface area contributed by atoms with E-state index in [2.05, 4.69) is 56.2 Å². The molecule has 0 unspecified atom stereocenters. The number of ether oxygens (including phenoxy) is 4. The van der Waals surface area contributed by atoms with Gasteiger partial charge in [-0.1, -0.05) is 36.8 Å². The number of hydrogen-bond acceptors (Lipinski definition) is 9. The Morgan fingerprint density at radius 3 is 2.68 bits per heavy atom. The molecule has 3 heterocycles. The van der Waals surface area contributed by atoms with Crippen molar-refractivity contribution in [2.45, 2.75) is 95.9 Å². The van der Waals surface area contributed by atoms with Crippen molar-refractivity contribution in [1.29, 1.82) is 0 Å². The molecule has 4 rings (SSSR count). The van der Waals surface area contributed by atoms with Gasteiger partial charge in [-0.15, -0.1) is 10.2 Å². The molecular formula is C24H38N4O5S. The number of methoxy groups -OCH3 is 1. The molecule has 3 N–H and O–H groups in total. The first kappa shape index (κ1) is 25.3. The summed E-state index contributed by atoms with van der Waals surface area (Å²) in [5.74, 6) is 0.185. The molecule has 2 aliphatic heterocycles. The predicted molar refractivity (Wildman–Crippen MR) is 130 cm³/mol. The minimum absolute atomic E-state index is 0.00243. The second-order valence-corrected chi connectivity index (χ2v) is 11.6. The number of epoxide rings is 2. The average molecular weight is 495 g/mol. The molecule has 7 atom stereocenters. The third-order valence-corrected chi connectivity index (χ3v) is 8.26. The molecule has 1 spiro atoms. The molecule has 1 aromatic heterocycles. The van der Waals surface area contributed by atoms with Gasteiger partial charge in [0.05, 0.1) is 18.6 Å². The van der Waals surface area contributed by atoms with Crippen LogP contribution in [0.5, 0.6) is 0 Å². The van der Waals surface area contributed by atoms with Gasteiger partial charge >= 0.3 is 6.09 Å². The number of allylic oxidation sites excluding steroid dienone is 1. The number of nitrogen functional groups attached to an aromatic ring is 1. The van der Waals surface area contributed by atoms with Gasteiger partial charge in [-0.3, -0.25) is 0 Å². The molecule has 3 aliphatic rings. The van der Waals surface area contributed by atoms with E-state index in [1.165, 1.54) is 16.9 Å². The highest BCUT2D eigenvalue weighted by Gasteiger charge is 2.72. The third-order valence-electron chi connectivity index (χ3n) is 7.48. The average Bonchev–Trinajstić information content (AvgIpc) is 3.64. The summed E-state index contributed by atoms with van der Waals surface area (Å²) in [7, 11) is 1.68. The number of nitrogens with zero attached hydrogens (tertiary/aromatic N) is 2. The molecule has 1 aromatic rings. The fraction of sp³-hybridized carbons (Fsp3) is 0.792. The highest BCUT2D eigenvalue weighted by Crippen LogP contribution is 2.59. The maximum Gasteiger partial charge on any atom is 0.407 e. The summed E-state index contributed by atoms with van der Waals surface area (Å²) in [5, 5.41) is 12.2. The van der Waals surface area contributed by atoms with Crippen LogP contribution in [0.2, 0.25) is 0 Å². The SMILES string of the molecule is CO[C@@H]1[C@H](OC(=O)N[C@@H](Cc2nnc(N)s2)C(C)C)CC[C@]2(CO2)[C@H]1[C@@]1(C)O[C@@H]1CC=C(C)C. The normalized spacial score (nSPS) is 35.1. The van der Waals surface area contributed by atoms with Crippen molar-refractivity contribution in [3.8, 4) is 0 Å². The molecule has 190 valence electrons. The lowest BCUT2D eigenvalue weighted by molar-refractivity contribution is -0.118. The van der Waals surface area contributed by atoms with Crippen molar-refractivity contribution in [3.05, 3.63) is 16.7 Å². The zero-order valence-corrected chi connectivity index (χ0v) is 21.8. The Balaban J connectivity index is 1.42. The Bertz CT molecular complexity index is 913. The summed E-state index contributed by atoms with van der Waals surface area (Å²) in [6.07, 6.45) is 4.13. The summed E-state index contributed by atoms with van der Waals surface area (Å²) in [5.41, 5.74) is 6.37. The van der Waals surface area contributed by atoms with Crippen LogP contribution in [0.3, 0.4) is 0 Å². The first-order valence-corrected chi connectivity index (χ1v) is 12.9. The maximum atomic E-state index is 13.0. The number of amides is 1. The maximum absolute atomic E-state index is 13.0. The number of rotatable bonds is 9. The number of nitrogens with two attached hydrogens (primary N) is 1. The molecule has 1 amide bonds. The van der Waals surface area contributed by atoms with E-state index >= 15 is 0 Å². The Morgan fingerprint density at radius 1 is 1.38 bits per heavy atom. The van der Waals surface area contributed by atoms with E-state index in [0.717, 1.165) is 17.8 Å². The minimum atomic E-state index is -0.447. The van der Waals surface area contributed by atoms with Crippen LogP contribution < -0.4 is 11.1 Å². The Hall–Kier alpha value is -1.75. The quantitative estimate of drug-likeness (QED) is 0.395. The van der Waals surface area contributed by atoms with Crippen LogP contribution in [0.4, 0.5) is 9.93 Å². The summed E-state index contributed by atoms with van der Waals surface area (Å²) in [6, 6.07) is -0.143.